The van der Waals surface area contributed by atoms with Crippen LogP contribution in [0.3, 0.4) is 0 Å². The van der Waals surface area contributed by atoms with Gasteiger partial charge in [-0.2, -0.15) is 0 Å². The summed E-state index contributed by atoms with van der Waals surface area (Å²) in [6.45, 7) is 7.59. The number of carbonyl (C=O) groups excluding carboxylic acids is 3. The first-order valence-electron chi connectivity index (χ1n) is 10.2. The summed E-state index contributed by atoms with van der Waals surface area (Å²) in [4.78, 5) is 39.4. The molecule has 0 fully saturated rings. The minimum Gasteiger partial charge on any atom is -0.456 e. The molecular formula is C24H25N3O4. The molecule has 2 aromatic carbocycles. The van der Waals surface area contributed by atoms with Crippen LogP contribution in [0.2, 0.25) is 0 Å². The number of amides is 3. The van der Waals surface area contributed by atoms with Crippen LogP contribution in [0, 0.1) is 27.7 Å². The van der Waals surface area contributed by atoms with Crippen LogP contribution in [-0.2, 0) is 14.3 Å². The second-order valence-corrected chi connectivity index (χ2v) is 8.14. The summed E-state index contributed by atoms with van der Waals surface area (Å²) in [7, 11) is 0. The molecule has 0 aromatic heterocycles. The molecule has 3 amide bonds. The van der Waals surface area contributed by atoms with Crippen LogP contribution in [0.25, 0.3) is 0 Å². The number of benzene rings is 2. The summed E-state index contributed by atoms with van der Waals surface area (Å²) in [6.07, 6.45) is 0. The SMILES string of the molecule is Cc1ccc(C2NC(=O)N(CC(=O)Nc3c(C)cc(C)cc3C)C3=C2C(=O)OC3)cc1. The van der Waals surface area contributed by atoms with Gasteiger partial charge in [-0.1, -0.05) is 47.5 Å². The summed E-state index contributed by atoms with van der Waals surface area (Å²) in [6, 6.07) is 10.6. The number of ether oxygens (including phenoxy) is 1. The van der Waals surface area contributed by atoms with Gasteiger partial charge in [0.05, 0.1) is 17.3 Å². The largest absolute Gasteiger partial charge is 0.456 e. The van der Waals surface area contributed by atoms with E-state index in [1.54, 1.807) is 0 Å². The van der Waals surface area contributed by atoms with Crippen molar-refractivity contribution >= 4 is 23.6 Å². The third-order valence-corrected chi connectivity index (χ3v) is 5.65. The van der Waals surface area contributed by atoms with Crippen molar-refractivity contribution in [3.05, 3.63) is 75.5 Å². The van der Waals surface area contributed by atoms with E-state index in [1.807, 2.05) is 64.1 Å². The quantitative estimate of drug-likeness (QED) is 0.744. The van der Waals surface area contributed by atoms with E-state index >= 15 is 0 Å². The lowest BCUT2D eigenvalue weighted by Gasteiger charge is -2.32. The van der Waals surface area contributed by atoms with E-state index in [9.17, 15) is 14.4 Å². The van der Waals surface area contributed by atoms with Gasteiger partial charge in [-0.15, -0.1) is 0 Å². The van der Waals surface area contributed by atoms with E-state index in [4.69, 9.17) is 4.74 Å². The van der Waals surface area contributed by atoms with Crippen LogP contribution in [-0.4, -0.2) is 36.0 Å². The molecule has 2 N–H and O–H groups in total. The summed E-state index contributed by atoms with van der Waals surface area (Å²) in [5.41, 5.74) is 6.43. The maximum Gasteiger partial charge on any atom is 0.338 e. The van der Waals surface area contributed by atoms with Crippen molar-refractivity contribution in [2.24, 2.45) is 0 Å². The molecule has 0 aliphatic carbocycles. The highest BCUT2D eigenvalue weighted by Gasteiger charge is 2.42. The Kier molecular flexibility index (Phi) is 5.27. The summed E-state index contributed by atoms with van der Waals surface area (Å²) < 4.78 is 5.23. The van der Waals surface area contributed by atoms with Crippen LogP contribution in [0.15, 0.2) is 47.7 Å². The Bertz CT molecular complexity index is 1100. The average molecular weight is 419 g/mol. The van der Waals surface area contributed by atoms with E-state index in [0.717, 1.165) is 33.5 Å². The number of anilines is 1. The Morgan fingerprint density at radius 1 is 1.06 bits per heavy atom. The first-order valence-corrected chi connectivity index (χ1v) is 10.2. The molecule has 2 aromatic rings. The Balaban J connectivity index is 1.60. The zero-order chi connectivity index (χ0) is 22.3. The molecule has 7 nitrogen and oxygen atoms in total. The van der Waals surface area contributed by atoms with Crippen LogP contribution in [0.5, 0.6) is 0 Å². The zero-order valence-corrected chi connectivity index (χ0v) is 18.0. The number of rotatable bonds is 4. The van der Waals surface area contributed by atoms with Crippen LogP contribution in [0.4, 0.5) is 10.5 Å². The summed E-state index contributed by atoms with van der Waals surface area (Å²) in [5, 5.41) is 5.76. The first kappa shape index (κ1) is 20.7. The number of nitrogens with zero attached hydrogens (tertiary/aromatic N) is 1. The van der Waals surface area contributed by atoms with Gasteiger partial charge in [0.2, 0.25) is 5.91 Å². The van der Waals surface area contributed by atoms with Crippen molar-refractivity contribution in [3.8, 4) is 0 Å². The fourth-order valence-electron chi connectivity index (χ4n) is 4.19. The monoisotopic (exact) mass is 419 g/mol. The average Bonchev–Trinajstić information content (AvgIpc) is 3.09. The number of esters is 1. The number of carbonyl (C=O) groups is 3. The molecule has 2 aliphatic heterocycles. The minimum atomic E-state index is -0.598. The van der Waals surface area contributed by atoms with Crippen molar-refractivity contribution < 1.29 is 19.1 Å². The maximum atomic E-state index is 12.9. The van der Waals surface area contributed by atoms with Gasteiger partial charge in [0, 0.05) is 5.69 Å². The van der Waals surface area contributed by atoms with Gasteiger partial charge < -0.3 is 15.4 Å². The Labute approximate surface area is 181 Å². The number of hydrogen-bond acceptors (Lipinski definition) is 4. The van der Waals surface area contributed by atoms with E-state index in [2.05, 4.69) is 10.6 Å². The van der Waals surface area contributed by atoms with Crippen molar-refractivity contribution in [2.75, 3.05) is 18.5 Å². The standard InChI is InChI=1S/C24H25N3O4/c1-13-5-7-17(8-6-13)22-20-18(12-31-23(20)29)27(24(30)26-22)11-19(28)25-21-15(3)9-14(2)10-16(21)4/h5-10,22H,11-12H2,1-4H3,(H,25,28)(H,26,30). The second kappa shape index (κ2) is 7.91. The fraction of sp³-hybridized carbons (Fsp3) is 0.292. The number of urea groups is 1. The molecule has 4 rings (SSSR count). The van der Waals surface area contributed by atoms with Crippen molar-refractivity contribution in [1.82, 2.24) is 10.2 Å². The number of cyclic esters (lactones) is 1. The van der Waals surface area contributed by atoms with Crippen molar-refractivity contribution in [2.45, 2.75) is 33.7 Å². The molecule has 1 atom stereocenters. The highest BCUT2D eigenvalue weighted by molar-refractivity contribution is 6.00. The lowest BCUT2D eigenvalue weighted by Crippen LogP contribution is -2.49. The lowest BCUT2D eigenvalue weighted by atomic mass is 9.95. The van der Waals surface area contributed by atoms with Crippen molar-refractivity contribution in [3.63, 3.8) is 0 Å². The number of hydrogen-bond donors (Lipinski definition) is 2. The van der Waals surface area contributed by atoms with E-state index in [-0.39, 0.29) is 19.1 Å². The number of aryl methyl sites for hydroxylation is 4. The van der Waals surface area contributed by atoms with Gasteiger partial charge in [-0.05, 0) is 44.4 Å². The van der Waals surface area contributed by atoms with E-state index < -0.39 is 18.0 Å². The molecule has 1 unspecified atom stereocenters. The minimum absolute atomic E-state index is 0.0280. The highest BCUT2D eigenvalue weighted by atomic mass is 16.5. The van der Waals surface area contributed by atoms with Crippen LogP contribution in [0.1, 0.15) is 33.9 Å². The molecule has 2 heterocycles. The van der Waals surface area contributed by atoms with Gasteiger partial charge in [0.15, 0.2) is 0 Å². The summed E-state index contributed by atoms with van der Waals surface area (Å²) in [5.74, 6) is -0.818. The zero-order valence-electron chi connectivity index (χ0n) is 18.0. The predicted molar refractivity (Wildman–Crippen MR) is 116 cm³/mol. The Morgan fingerprint density at radius 2 is 1.71 bits per heavy atom. The predicted octanol–water partition coefficient (Wildman–Crippen LogP) is 3.44. The van der Waals surface area contributed by atoms with E-state index in [1.165, 1.54) is 4.90 Å². The molecule has 7 heteroatoms. The van der Waals surface area contributed by atoms with Crippen LogP contribution < -0.4 is 10.6 Å². The molecule has 160 valence electrons. The molecule has 0 radical (unpaired) electrons. The van der Waals surface area contributed by atoms with Gasteiger partial charge in [-0.25, -0.2) is 9.59 Å². The molecular weight excluding hydrogens is 394 g/mol. The molecule has 0 bridgehead atoms. The topological polar surface area (TPSA) is 87.7 Å². The Morgan fingerprint density at radius 3 is 2.35 bits per heavy atom. The molecule has 31 heavy (non-hydrogen) atoms. The smallest absolute Gasteiger partial charge is 0.338 e. The van der Waals surface area contributed by atoms with Gasteiger partial charge in [0.1, 0.15) is 13.2 Å². The summed E-state index contributed by atoms with van der Waals surface area (Å²) >= 11 is 0. The number of nitrogens with one attached hydrogen (secondary N) is 2. The Hall–Kier alpha value is -3.61. The molecule has 0 saturated heterocycles. The third-order valence-electron chi connectivity index (χ3n) is 5.65. The maximum absolute atomic E-state index is 12.9. The molecule has 0 saturated carbocycles. The highest BCUT2D eigenvalue weighted by Crippen LogP contribution is 2.35. The van der Waals surface area contributed by atoms with Crippen LogP contribution >= 0.6 is 0 Å². The van der Waals surface area contributed by atoms with E-state index in [0.29, 0.717) is 11.3 Å². The first-order chi connectivity index (χ1) is 14.7. The second-order valence-electron chi connectivity index (χ2n) is 8.14. The normalized spacial score (nSPS) is 17.9. The van der Waals surface area contributed by atoms with Crippen molar-refractivity contribution in [1.29, 1.82) is 0 Å². The van der Waals surface area contributed by atoms with Gasteiger partial charge in [0.25, 0.3) is 0 Å². The molecule has 0 spiro atoms. The fourth-order valence-corrected chi connectivity index (χ4v) is 4.19. The van der Waals surface area contributed by atoms with Gasteiger partial charge in [-0.3, -0.25) is 9.69 Å². The lowest BCUT2D eigenvalue weighted by molar-refractivity contribution is -0.136. The molecule has 2 aliphatic rings. The third kappa shape index (κ3) is 3.91. The van der Waals surface area contributed by atoms with Gasteiger partial charge >= 0.3 is 12.0 Å².